The predicted octanol–water partition coefficient (Wildman–Crippen LogP) is 3.13. The van der Waals surface area contributed by atoms with Crippen LogP contribution >= 0.6 is 11.6 Å². The van der Waals surface area contributed by atoms with Crippen LogP contribution in [0.5, 0.6) is 5.75 Å². The third-order valence-corrected chi connectivity index (χ3v) is 4.58. The van der Waals surface area contributed by atoms with Crippen LogP contribution in [0.3, 0.4) is 0 Å². The lowest BCUT2D eigenvalue weighted by Crippen LogP contribution is -2.36. The van der Waals surface area contributed by atoms with E-state index in [1.165, 1.54) is 0 Å². The fourth-order valence-electron chi connectivity index (χ4n) is 2.79. The van der Waals surface area contributed by atoms with E-state index in [2.05, 4.69) is 10.2 Å². The number of benzene rings is 2. The molecule has 0 saturated carbocycles. The molecule has 0 bridgehead atoms. The Morgan fingerprint density at radius 3 is 2.41 bits per heavy atom. The highest BCUT2D eigenvalue weighted by atomic mass is 35.5. The lowest BCUT2D eigenvalue weighted by atomic mass is 10.2. The smallest absolute Gasteiger partial charge is 0.347 e. The molecule has 1 aliphatic heterocycles. The van der Waals surface area contributed by atoms with Crippen LogP contribution in [-0.4, -0.2) is 50.9 Å². The van der Waals surface area contributed by atoms with E-state index in [0.29, 0.717) is 29.7 Å². The number of hydrogen-bond acceptors (Lipinski definition) is 6. The number of hydrogen-bond donors (Lipinski definition) is 1. The molecule has 7 nitrogen and oxygen atoms in total. The molecule has 0 aliphatic carbocycles. The van der Waals surface area contributed by atoms with Crippen LogP contribution in [0.15, 0.2) is 48.5 Å². The fraction of sp³-hybridized carbons (Fsp3) is 0.333. The molecule has 29 heavy (non-hydrogen) atoms. The normalized spacial score (nSPS) is 14.8. The van der Waals surface area contributed by atoms with Gasteiger partial charge in [-0.1, -0.05) is 11.6 Å². The summed E-state index contributed by atoms with van der Waals surface area (Å²) in [5.41, 5.74) is 1.71. The zero-order valence-corrected chi connectivity index (χ0v) is 16.9. The van der Waals surface area contributed by atoms with Crippen molar-refractivity contribution in [2.45, 2.75) is 13.0 Å². The summed E-state index contributed by atoms with van der Waals surface area (Å²) in [6.45, 7) is 4.28. The minimum absolute atomic E-state index is 0.391. The molecular formula is C21H23ClN2O5. The summed E-state index contributed by atoms with van der Waals surface area (Å²) >= 11 is 5.81. The topological polar surface area (TPSA) is 77.1 Å². The maximum atomic E-state index is 12.1. The lowest BCUT2D eigenvalue weighted by molar-refractivity contribution is -0.153. The zero-order chi connectivity index (χ0) is 20.6. The van der Waals surface area contributed by atoms with E-state index in [4.69, 9.17) is 25.8 Å². The first-order valence-electron chi connectivity index (χ1n) is 9.33. The number of amides is 1. The molecule has 2 aromatic carbocycles. The molecule has 1 heterocycles. The van der Waals surface area contributed by atoms with Crippen molar-refractivity contribution in [1.29, 1.82) is 0 Å². The van der Waals surface area contributed by atoms with Gasteiger partial charge < -0.3 is 24.4 Å². The number of morpholine rings is 1. The molecule has 0 aromatic heterocycles. The Morgan fingerprint density at radius 1 is 1.10 bits per heavy atom. The van der Waals surface area contributed by atoms with Gasteiger partial charge in [0.15, 0.2) is 12.7 Å². The minimum Gasteiger partial charge on any atom is -0.479 e. The summed E-state index contributed by atoms with van der Waals surface area (Å²) in [5.74, 6) is -0.558. The van der Waals surface area contributed by atoms with Crippen molar-refractivity contribution in [3.8, 4) is 5.75 Å². The third kappa shape index (κ3) is 6.37. The third-order valence-electron chi connectivity index (χ3n) is 4.33. The maximum Gasteiger partial charge on any atom is 0.347 e. The molecule has 0 unspecified atom stereocenters. The van der Waals surface area contributed by atoms with E-state index < -0.39 is 24.6 Å². The standard InChI is InChI=1S/C21H23ClN2O5/c1-15(29-19-8-2-16(22)3-9-19)21(26)28-14-20(25)23-17-4-6-18(7-5-17)24-10-12-27-13-11-24/h2-9,15H,10-14H2,1H3,(H,23,25)/t15-/m1/s1. The minimum atomic E-state index is -0.850. The average molecular weight is 419 g/mol. The highest BCUT2D eigenvalue weighted by molar-refractivity contribution is 6.30. The van der Waals surface area contributed by atoms with Crippen LogP contribution in [0.25, 0.3) is 0 Å². The van der Waals surface area contributed by atoms with E-state index in [9.17, 15) is 9.59 Å². The largest absolute Gasteiger partial charge is 0.479 e. The van der Waals surface area contributed by atoms with Crippen LogP contribution in [0.2, 0.25) is 5.02 Å². The summed E-state index contributed by atoms with van der Waals surface area (Å²) < 4.78 is 15.8. The highest BCUT2D eigenvalue weighted by Crippen LogP contribution is 2.19. The van der Waals surface area contributed by atoms with Crippen LogP contribution in [0.4, 0.5) is 11.4 Å². The molecule has 1 N–H and O–H groups in total. The van der Waals surface area contributed by atoms with Crippen LogP contribution < -0.4 is 15.0 Å². The zero-order valence-electron chi connectivity index (χ0n) is 16.1. The van der Waals surface area contributed by atoms with E-state index in [-0.39, 0.29) is 0 Å². The molecule has 1 saturated heterocycles. The van der Waals surface area contributed by atoms with Gasteiger partial charge in [0.2, 0.25) is 0 Å². The van der Waals surface area contributed by atoms with Crippen LogP contribution in [-0.2, 0) is 19.1 Å². The van der Waals surface area contributed by atoms with Crippen molar-refractivity contribution in [2.24, 2.45) is 0 Å². The molecule has 0 spiro atoms. The Hall–Kier alpha value is -2.77. The number of anilines is 2. The Labute approximate surface area is 174 Å². The Bertz CT molecular complexity index is 820. The first-order valence-corrected chi connectivity index (χ1v) is 9.70. The van der Waals surface area contributed by atoms with Gasteiger partial charge in [-0.25, -0.2) is 4.79 Å². The Morgan fingerprint density at radius 2 is 1.76 bits per heavy atom. The number of ether oxygens (including phenoxy) is 3. The number of carbonyl (C=O) groups is 2. The van der Waals surface area contributed by atoms with Crippen LogP contribution in [0.1, 0.15) is 6.92 Å². The Balaban J connectivity index is 1.42. The number of esters is 1. The van der Waals surface area contributed by atoms with E-state index in [0.717, 1.165) is 18.8 Å². The summed E-state index contributed by atoms with van der Waals surface area (Å²) in [6, 6.07) is 14.1. The molecule has 1 atom stereocenters. The predicted molar refractivity (Wildman–Crippen MR) is 111 cm³/mol. The highest BCUT2D eigenvalue weighted by Gasteiger charge is 2.18. The van der Waals surface area contributed by atoms with Crippen molar-refractivity contribution in [3.63, 3.8) is 0 Å². The number of nitrogens with one attached hydrogen (secondary N) is 1. The van der Waals surface area contributed by atoms with Gasteiger partial charge in [-0.3, -0.25) is 4.79 Å². The summed E-state index contributed by atoms with van der Waals surface area (Å²) in [5, 5.41) is 3.28. The van der Waals surface area contributed by atoms with Crippen molar-refractivity contribution in [3.05, 3.63) is 53.6 Å². The second-order valence-electron chi connectivity index (χ2n) is 6.52. The van der Waals surface area contributed by atoms with Crippen molar-refractivity contribution in [1.82, 2.24) is 0 Å². The van der Waals surface area contributed by atoms with Gasteiger partial charge in [-0.15, -0.1) is 0 Å². The second-order valence-corrected chi connectivity index (χ2v) is 6.95. The van der Waals surface area contributed by atoms with Gasteiger partial charge in [-0.05, 0) is 55.5 Å². The second kappa shape index (κ2) is 10.1. The molecule has 3 rings (SSSR count). The monoisotopic (exact) mass is 418 g/mol. The van der Waals surface area contributed by atoms with Gasteiger partial charge >= 0.3 is 5.97 Å². The van der Waals surface area contributed by atoms with Crippen molar-refractivity contribution in [2.75, 3.05) is 43.1 Å². The first-order chi connectivity index (χ1) is 14.0. The fourth-order valence-corrected chi connectivity index (χ4v) is 2.92. The van der Waals surface area contributed by atoms with Crippen molar-refractivity contribution >= 4 is 34.9 Å². The quantitative estimate of drug-likeness (QED) is 0.696. The van der Waals surface area contributed by atoms with Gasteiger partial charge in [0, 0.05) is 29.5 Å². The molecule has 1 fully saturated rings. The van der Waals surface area contributed by atoms with E-state index in [1.54, 1.807) is 31.2 Å². The van der Waals surface area contributed by atoms with E-state index >= 15 is 0 Å². The molecule has 154 valence electrons. The van der Waals surface area contributed by atoms with Gasteiger partial charge in [0.25, 0.3) is 5.91 Å². The summed E-state index contributed by atoms with van der Waals surface area (Å²) in [4.78, 5) is 26.3. The van der Waals surface area contributed by atoms with Gasteiger partial charge in [0.05, 0.1) is 13.2 Å². The molecule has 8 heteroatoms. The number of rotatable bonds is 7. The molecule has 1 aliphatic rings. The molecule has 0 radical (unpaired) electrons. The summed E-state index contributed by atoms with van der Waals surface area (Å²) in [6.07, 6.45) is -0.850. The Kier molecular flexibility index (Phi) is 7.32. The summed E-state index contributed by atoms with van der Waals surface area (Å²) in [7, 11) is 0. The van der Waals surface area contributed by atoms with Crippen LogP contribution in [0, 0.1) is 0 Å². The first kappa shape index (κ1) is 21.0. The number of halogens is 1. The lowest BCUT2D eigenvalue weighted by Gasteiger charge is -2.28. The molecular weight excluding hydrogens is 396 g/mol. The van der Waals surface area contributed by atoms with Gasteiger partial charge in [-0.2, -0.15) is 0 Å². The number of carbonyl (C=O) groups excluding carboxylic acids is 2. The molecule has 2 aromatic rings. The van der Waals surface area contributed by atoms with E-state index in [1.807, 2.05) is 24.3 Å². The maximum absolute atomic E-state index is 12.1. The SMILES string of the molecule is C[C@@H](Oc1ccc(Cl)cc1)C(=O)OCC(=O)Nc1ccc(N2CCOCC2)cc1. The van der Waals surface area contributed by atoms with Crippen molar-refractivity contribution < 1.29 is 23.8 Å². The van der Waals surface area contributed by atoms with Gasteiger partial charge in [0.1, 0.15) is 5.75 Å². The number of nitrogens with zero attached hydrogens (tertiary/aromatic N) is 1. The molecule has 1 amide bonds. The average Bonchev–Trinajstić information content (AvgIpc) is 2.75.